The second-order valence-corrected chi connectivity index (χ2v) is 7.59. The van der Waals surface area contributed by atoms with Crippen molar-refractivity contribution in [3.05, 3.63) is 70.7 Å². The summed E-state index contributed by atoms with van der Waals surface area (Å²) in [6.07, 6.45) is -3.40. The maximum atomic E-state index is 13.4. The summed E-state index contributed by atoms with van der Waals surface area (Å²) in [7, 11) is 0. The topological polar surface area (TPSA) is 101 Å². The van der Waals surface area contributed by atoms with Crippen LogP contribution in [0.2, 0.25) is 0 Å². The number of benzene rings is 1. The first-order valence-corrected chi connectivity index (χ1v) is 10.0. The molecule has 1 saturated heterocycles. The Bertz CT molecular complexity index is 1220. The number of pyridine rings is 1. The Morgan fingerprint density at radius 2 is 1.88 bits per heavy atom. The van der Waals surface area contributed by atoms with Gasteiger partial charge in [-0.2, -0.15) is 18.3 Å². The van der Waals surface area contributed by atoms with Gasteiger partial charge in [-0.05, 0) is 37.1 Å². The molecule has 2 aromatic heterocycles. The predicted molar refractivity (Wildman–Crippen MR) is 112 cm³/mol. The highest BCUT2D eigenvalue weighted by Crippen LogP contribution is 2.30. The van der Waals surface area contributed by atoms with Crippen molar-refractivity contribution in [2.24, 2.45) is 0 Å². The van der Waals surface area contributed by atoms with E-state index in [1.807, 2.05) is 0 Å². The van der Waals surface area contributed by atoms with Gasteiger partial charge in [0.25, 0.3) is 11.8 Å². The molecule has 1 atom stereocenters. The van der Waals surface area contributed by atoms with Crippen LogP contribution in [0.4, 0.5) is 18.9 Å². The minimum absolute atomic E-state index is 0.0337. The summed E-state index contributed by atoms with van der Waals surface area (Å²) in [5.74, 6) is -1.21. The predicted octanol–water partition coefficient (Wildman–Crippen LogP) is 3.28. The highest BCUT2D eigenvalue weighted by atomic mass is 19.4. The smallest absolute Gasteiger partial charge is 0.371 e. The monoisotopic (exact) mass is 459 g/mol. The van der Waals surface area contributed by atoms with Crippen LogP contribution in [0, 0.1) is 13.8 Å². The molecule has 3 heterocycles. The van der Waals surface area contributed by atoms with Gasteiger partial charge in [0.15, 0.2) is 11.5 Å². The van der Waals surface area contributed by atoms with E-state index in [4.69, 9.17) is 4.74 Å². The van der Waals surface area contributed by atoms with Gasteiger partial charge in [-0.15, -0.1) is 0 Å². The van der Waals surface area contributed by atoms with Crippen LogP contribution in [0.3, 0.4) is 0 Å². The van der Waals surface area contributed by atoms with Crippen molar-refractivity contribution in [1.29, 1.82) is 0 Å². The Morgan fingerprint density at radius 3 is 2.55 bits per heavy atom. The van der Waals surface area contributed by atoms with Gasteiger partial charge in [0.2, 0.25) is 0 Å². The number of amides is 2. The Labute approximate surface area is 186 Å². The number of epoxide rings is 1. The molecule has 1 fully saturated rings. The number of aryl methyl sites for hydroxylation is 2. The summed E-state index contributed by atoms with van der Waals surface area (Å²) < 4.78 is 46.1. The number of rotatable bonds is 6. The van der Waals surface area contributed by atoms with E-state index in [9.17, 15) is 22.8 Å². The minimum atomic E-state index is -4.76. The van der Waals surface area contributed by atoms with Gasteiger partial charge in [-0.25, -0.2) is 9.67 Å². The molecule has 33 heavy (non-hydrogen) atoms. The normalized spacial score (nSPS) is 15.2. The Kier molecular flexibility index (Phi) is 5.90. The second-order valence-electron chi connectivity index (χ2n) is 7.59. The number of aromatic nitrogens is 3. The highest BCUT2D eigenvalue weighted by Gasteiger charge is 2.36. The number of hydrogen-bond donors (Lipinski definition) is 2. The van der Waals surface area contributed by atoms with E-state index >= 15 is 0 Å². The SMILES string of the molecule is Cc1cccnc1-n1nc(C(F)(F)F)cc1C(=O)Nc1c(C)cccc1C(=O)NCC1CO1. The number of halogens is 3. The van der Waals surface area contributed by atoms with Crippen molar-refractivity contribution in [3.8, 4) is 5.82 Å². The zero-order chi connectivity index (χ0) is 23.8. The molecule has 172 valence electrons. The number of nitrogens with one attached hydrogen (secondary N) is 2. The van der Waals surface area contributed by atoms with Crippen molar-refractivity contribution < 1.29 is 27.5 Å². The molecule has 11 heteroatoms. The van der Waals surface area contributed by atoms with Crippen molar-refractivity contribution in [2.45, 2.75) is 26.1 Å². The number of ether oxygens (including phenoxy) is 1. The van der Waals surface area contributed by atoms with Crippen LogP contribution >= 0.6 is 0 Å². The number of hydrogen-bond acceptors (Lipinski definition) is 5. The lowest BCUT2D eigenvalue weighted by Crippen LogP contribution is -2.29. The van der Waals surface area contributed by atoms with Crippen molar-refractivity contribution >= 4 is 17.5 Å². The largest absolute Gasteiger partial charge is 0.435 e. The minimum Gasteiger partial charge on any atom is -0.371 e. The molecular weight excluding hydrogens is 439 g/mol. The summed E-state index contributed by atoms with van der Waals surface area (Å²) in [6, 6.07) is 8.78. The number of anilines is 1. The summed E-state index contributed by atoms with van der Waals surface area (Å²) in [4.78, 5) is 29.9. The molecule has 1 aliphatic rings. The molecule has 0 bridgehead atoms. The molecule has 0 spiro atoms. The lowest BCUT2D eigenvalue weighted by molar-refractivity contribution is -0.141. The third-order valence-corrected chi connectivity index (χ3v) is 5.06. The van der Waals surface area contributed by atoms with Crippen molar-refractivity contribution in [1.82, 2.24) is 20.1 Å². The average Bonchev–Trinajstić information content (AvgIpc) is 3.48. The van der Waals surface area contributed by atoms with Crippen molar-refractivity contribution in [2.75, 3.05) is 18.5 Å². The maximum absolute atomic E-state index is 13.4. The molecule has 0 aliphatic carbocycles. The molecular formula is C22H20F3N5O3. The molecule has 1 aromatic carbocycles. The lowest BCUT2D eigenvalue weighted by atomic mass is 10.1. The van der Waals surface area contributed by atoms with E-state index in [2.05, 4.69) is 20.7 Å². The van der Waals surface area contributed by atoms with E-state index < -0.39 is 23.7 Å². The zero-order valence-electron chi connectivity index (χ0n) is 17.7. The number of carbonyl (C=O) groups is 2. The maximum Gasteiger partial charge on any atom is 0.435 e. The molecule has 1 unspecified atom stereocenters. The van der Waals surface area contributed by atoms with E-state index in [1.165, 1.54) is 12.3 Å². The Balaban J connectivity index is 1.70. The highest BCUT2D eigenvalue weighted by molar-refractivity contribution is 6.09. The number of carbonyl (C=O) groups excluding carboxylic acids is 2. The molecule has 0 saturated carbocycles. The molecule has 0 radical (unpaired) electrons. The Hall–Kier alpha value is -3.73. The summed E-state index contributed by atoms with van der Waals surface area (Å²) in [5.41, 5.74) is -0.137. The molecule has 8 nitrogen and oxygen atoms in total. The van der Waals surface area contributed by atoms with Crippen LogP contribution in [0.15, 0.2) is 42.6 Å². The summed E-state index contributed by atoms with van der Waals surface area (Å²) in [5, 5.41) is 8.89. The molecule has 2 amide bonds. The fourth-order valence-corrected chi connectivity index (χ4v) is 3.23. The van der Waals surface area contributed by atoms with Crippen LogP contribution in [0.1, 0.15) is 37.7 Å². The molecule has 2 N–H and O–H groups in total. The first-order valence-electron chi connectivity index (χ1n) is 10.0. The van der Waals surface area contributed by atoms with Gasteiger partial charge in [-0.1, -0.05) is 18.2 Å². The summed E-state index contributed by atoms with van der Waals surface area (Å²) >= 11 is 0. The second kappa shape index (κ2) is 8.66. The van der Waals surface area contributed by atoms with Crippen LogP contribution in [0.25, 0.3) is 5.82 Å². The first kappa shape index (κ1) is 22.5. The fourth-order valence-electron chi connectivity index (χ4n) is 3.23. The standard InChI is InChI=1S/C22H20F3N5O3/c1-12-5-3-7-15(20(31)27-10-14-11-33-14)18(12)28-21(32)16-9-17(22(23,24)25)29-30(16)19-13(2)6-4-8-26-19/h3-9,14H,10-11H2,1-2H3,(H,27,31)(H,28,32). The van der Waals surface area contributed by atoms with Gasteiger partial charge >= 0.3 is 6.18 Å². The van der Waals surface area contributed by atoms with Gasteiger partial charge < -0.3 is 15.4 Å². The average molecular weight is 459 g/mol. The summed E-state index contributed by atoms with van der Waals surface area (Å²) in [6.45, 7) is 4.21. The van der Waals surface area contributed by atoms with Gasteiger partial charge in [0.1, 0.15) is 5.69 Å². The van der Waals surface area contributed by atoms with Crippen LogP contribution in [0.5, 0.6) is 0 Å². The quantitative estimate of drug-likeness (QED) is 0.551. The Morgan fingerprint density at radius 1 is 1.15 bits per heavy atom. The molecule has 3 aromatic rings. The van der Waals surface area contributed by atoms with Gasteiger partial charge in [-0.3, -0.25) is 9.59 Å². The fraction of sp³-hybridized carbons (Fsp3) is 0.273. The van der Waals surface area contributed by atoms with Crippen molar-refractivity contribution in [3.63, 3.8) is 0 Å². The van der Waals surface area contributed by atoms with E-state index in [1.54, 1.807) is 38.1 Å². The zero-order valence-corrected chi connectivity index (χ0v) is 17.7. The third kappa shape index (κ3) is 4.87. The van der Waals surface area contributed by atoms with Gasteiger partial charge in [0.05, 0.1) is 24.0 Å². The van der Waals surface area contributed by atoms with Crippen LogP contribution in [-0.4, -0.2) is 45.8 Å². The molecule has 1 aliphatic heterocycles. The van der Waals surface area contributed by atoms with Crippen LogP contribution < -0.4 is 10.6 Å². The van der Waals surface area contributed by atoms with E-state index in [0.29, 0.717) is 30.3 Å². The van der Waals surface area contributed by atoms with Crippen LogP contribution in [-0.2, 0) is 10.9 Å². The van der Waals surface area contributed by atoms with Gasteiger partial charge in [0, 0.05) is 18.8 Å². The lowest BCUT2D eigenvalue weighted by Gasteiger charge is -2.14. The molecule has 4 rings (SSSR count). The first-order chi connectivity index (χ1) is 15.6. The third-order valence-electron chi connectivity index (χ3n) is 5.06. The van der Waals surface area contributed by atoms with E-state index in [-0.39, 0.29) is 28.9 Å². The van der Waals surface area contributed by atoms with E-state index in [0.717, 1.165) is 4.68 Å². The number of nitrogens with zero attached hydrogens (tertiary/aromatic N) is 3. The number of alkyl halides is 3. The number of para-hydroxylation sites is 1.